The number of alkyl halides is 1. The Labute approximate surface area is 130 Å². The first-order valence-corrected chi connectivity index (χ1v) is 7.45. The lowest BCUT2D eigenvalue weighted by Gasteiger charge is -2.15. The summed E-state index contributed by atoms with van der Waals surface area (Å²) in [6.45, 7) is 6.05. The first-order valence-electron chi connectivity index (χ1n) is 6.64. The molecule has 20 heavy (non-hydrogen) atoms. The summed E-state index contributed by atoms with van der Waals surface area (Å²) in [5.41, 5.74) is 3.21. The van der Waals surface area contributed by atoms with Gasteiger partial charge < -0.3 is 4.74 Å². The molecule has 2 aromatic carbocycles. The van der Waals surface area contributed by atoms with Crippen LogP contribution in [0.15, 0.2) is 42.5 Å². The van der Waals surface area contributed by atoms with Crippen LogP contribution in [-0.2, 0) is 0 Å². The molecule has 1 nitrogen and oxygen atoms in total. The molecule has 0 spiro atoms. The van der Waals surface area contributed by atoms with Gasteiger partial charge in [-0.2, -0.15) is 0 Å². The zero-order valence-corrected chi connectivity index (χ0v) is 13.4. The Balaban J connectivity index is 2.24. The molecule has 0 aliphatic carbocycles. The van der Waals surface area contributed by atoms with Crippen molar-refractivity contribution in [2.45, 2.75) is 32.3 Å². The third kappa shape index (κ3) is 3.68. The summed E-state index contributed by atoms with van der Waals surface area (Å²) in [6.07, 6.45) is 0.169. The molecule has 0 saturated heterocycles. The van der Waals surface area contributed by atoms with E-state index >= 15 is 0 Å². The summed E-state index contributed by atoms with van der Waals surface area (Å²) in [4.78, 5) is 0. The summed E-state index contributed by atoms with van der Waals surface area (Å²) < 4.78 is 5.63. The van der Waals surface area contributed by atoms with Crippen LogP contribution in [0.1, 0.15) is 35.9 Å². The third-order valence-corrected chi connectivity index (χ3v) is 3.78. The van der Waals surface area contributed by atoms with Gasteiger partial charge in [0.05, 0.1) is 11.5 Å². The highest BCUT2D eigenvalue weighted by molar-refractivity contribution is 6.31. The fourth-order valence-corrected chi connectivity index (χ4v) is 2.61. The number of aryl methyl sites for hydroxylation is 1. The predicted molar refractivity (Wildman–Crippen MR) is 86.1 cm³/mol. The molecule has 0 aliphatic rings. The Kier molecular flexibility index (Phi) is 4.95. The lowest BCUT2D eigenvalue weighted by atomic mass is 10.00. The van der Waals surface area contributed by atoms with Gasteiger partial charge >= 0.3 is 0 Å². The second-order valence-corrected chi connectivity index (χ2v) is 5.97. The van der Waals surface area contributed by atoms with Crippen molar-refractivity contribution >= 4 is 23.2 Å². The second kappa shape index (κ2) is 6.51. The van der Waals surface area contributed by atoms with E-state index in [0.29, 0.717) is 5.02 Å². The first kappa shape index (κ1) is 15.2. The summed E-state index contributed by atoms with van der Waals surface area (Å²) in [5, 5.41) is 0.498. The van der Waals surface area contributed by atoms with Crippen molar-refractivity contribution in [3.05, 3.63) is 64.2 Å². The van der Waals surface area contributed by atoms with Crippen molar-refractivity contribution in [2.24, 2.45) is 0 Å². The molecule has 0 aliphatic heterocycles. The van der Waals surface area contributed by atoms with Gasteiger partial charge in [0, 0.05) is 5.02 Å². The minimum absolute atomic E-state index is 0.169. The lowest BCUT2D eigenvalue weighted by Crippen LogP contribution is -2.05. The molecule has 0 heterocycles. The van der Waals surface area contributed by atoms with Crippen molar-refractivity contribution in [1.29, 1.82) is 0 Å². The molecule has 1 atom stereocenters. The summed E-state index contributed by atoms with van der Waals surface area (Å²) in [5.74, 6) is 0.857. The van der Waals surface area contributed by atoms with Gasteiger partial charge in [0.15, 0.2) is 0 Å². The summed E-state index contributed by atoms with van der Waals surface area (Å²) in [6, 6.07) is 13.7. The van der Waals surface area contributed by atoms with Crippen molar-refractivity contribution in [3.8, 4) is 5.75 Å². The molecule has 1 unspecified atom stereocenters. The Bertz CT molecular complexity index is 576. The van der Waals surface area contributed by atoms with E-state index in [9.17, 15) is 0 Å². The molecule has 106 valence electrons. The van der Waals surface area contributed by atoms with Gasteiger partial charge in [-0.25, -0.2) is 0 Å². The van der Waals surface area contributed by atoms with Crippen molar-refractivity contribution in [2.75, 3.05) is 0 Å². The minimum atomic E-state index is -0.207. The molecular weight excluding hydrogens is 291 g/mol. The standard InChI is InChI=1S/C17H18Cl2O/c1-11(2)20-15-8-5-13(6-9-15)17(19)16-10-14(18)7-4-12(16)3/h4-11,17H,1-3H3. The number of benzene rings is 2. The Hall–Kier alpha value is -1.18. The third-order valence-electron chi connectivity index (χ3n) is 3.06. The molecule has 0 aromatic heterocycles. The SMILES string of the molecule is Cc1ccc(Cl)cc1C(Cl)c1ccc(OC(C)C)cc1. The number of halogens is 2. The molecule has 2 aromatic rings. The predicted octanol–water partition coefficient (Wildman–Crippen LogP) is 5.76. The minimum Gasteiger partial charge on any atom is -0.491 e. The van der Waals surface area contributed by atoms with E-state index in [1.54, 1.807) is 0 Å². The zero-order chi connectivity index (χ0) is 14.7. The normalized spacial score (nSPS) is 12.5. The van der Waals surface area contributed by atoms with Gasteiger partial charge in [-0.1, -0.05) is 29.8 Å². The molecule has 0 bridgehead atoms. The van der Waals surface area contributed by atoms with Crippen LogP contribution in [0.4, 0.5) is 0 Å². The van der Waals surface area contributed by atoms with E-state index in [1.807, 2.05) is 63.2 Å². The maximum absolute atomic E-state index is 6.57. The van der Waals surface area contributed by atoms with E-state index in [2.05, 4.69) is 0 Å². The van der Waals surface area contributed by atoms with Gasteiger partial charge in [-0.3, -0.25) is 0 Å². The maximum atomic E-state index is 6.57. The molecule has 0 radical (unpaired) electrons. The van der Waals surface area contributed by atoms with Gasteiger partial charge in [0.25, 0.3) is 0 Å². The Morgan fingerprint density at radius 2 is 1.65 bits per heavy atom. The van der Waals surface area contributed by atoms with Crippen molar-refractivity contribution in [3.63, 3.8) is 0 Å². The quantitative estimate of drug-likeness (QED) is 0.652. The second-order valence-electron chi connectivity index (χ2n) is 5.10. The average Bonchev–Trinajstić information content (AvgIpc) is 2.41. The number of hydrogen-bond donors (Lipinski definition) is 0. The Morgan fingerprint density at radius 3 is 2.25 bits per heavy atom. The fraction of sp³-hybridized carbons (Fsp3) is 0.294. The van der Waals surface area contributed by atoms with Crippen LogP contribution in [0.5, 0.6) is 5.75 Å². The van der Waals surface area contributed by atoms with Crippen molar-refractivity contribution in [1.82, 2.24) is 0 Å². The molecule has 0 saturated carbocycles. The molecule has 2 rings (SSSR count). The lowest BCUT2D eigenvalue weighted by molar-refractivity contribution is 0.242. The van der Waals surface area contributed by atoms with E-state index in [0.717, 1.165) is 22.4 Å². The first-order chi connectivity index (χ1) is 9.47. The summed E-state index contributed by atoms with van der Waals surface area (Å²) >= 11 is 12.6. The monoisotopic (exact) mass is 308 g/mol. The van der Waals surface area contributed by atoms with Crippen LogP contribution in [0.25, 0.3) is 0 Å². The van der Waals surface area contributed by atoms with E-state index < -0.39 is 0 Å². The number of ether oxygens (including phenoxy) is 1. The topological polar surface area (TPSA) is 9.23 Å². The van der Waals surface area contributed by atoms with E-state index in [4.69, 9.17) is 27.9 Å². The van der Waals surface area contributed by atoms with Crippen LogP contribution in [-0.4, -0.2) is 6.10 Å². The molecule has 0 N–H and O–H groups in total. The van der Waals surface area contributed by atoms with Crippen LogP contribution < -0.4 is 4.74 Å². The highest BCUT2D eigenvalue weighted by Gasteiger charge is 2.14. The van der Waals surface area contributed by atoms with Gasteiger partial charge in [0.2, 0.25) is 0 Å². The number of hydrogen-bond acceptors (Lipinski definition) is 1. The van der Waals surface area contributed by atoms with E-state index in [1.165, 1.54) is 0 Å². The van der Waals surface area contributed by atoms with Gasteiger partial charge in [0.1, 0.15) is 5.75 Å². The van der Waals surface area contributed by atoms with Crippen molar-refractivity contribution < 1.29 is 4.74 Å². The molecule has 0 amide bonds. The number of rotatable bonds is 4. The molecule has 0 fully saturated rings. The van der Waals surface area contributed by atoms with E-state index in [-0.39, 0.29) is 11.5 Å². The van der Waals surface area contributed by atoms with Crippen LogP contribution in [0.3, 0.4) is 0 Å². The van der Waals surface area contributed by atoms with Crippen LogP contribution >= 0.6 is 23.2 Å². The fourth-order valence-electron chi connectivity index (χ4n) is 2.05. The molecular formula is C17H18Cl2O. The van der Waals surface area contributed by atoms with Crippen LogP contribution in [0, 0.1) is 6.92 Å². The van der Waals surface area contributed by atoms with Gasteiger partial charge in [-0.15, -0.1) is 11.6 Å². The van der Waals surface area contributed by atoms with Crippen LogP contribution in [0.2, 0.25) is 5.02 Å². The molecule has 3 heteroatoms. The average molecular weight is 309 g/mol. The maximum Gasteiger partial charge on any atom is 0.119 e. The highest BCUT2D eigenvalue weighted by atomic mass is 35.5. The summed E-state index contributed by atoms with van der Waals surface area (Å²) in [7, 11) is 0. The zero-order valence-electron chi connectivity index (χ0n) is 11.9. The smallest absolute Gasteiger partial charge is 0.119 e. The Morgan fingerprint density at radius 1 is 1.00 bits per heavy atom. The highest BCUT2D eigenvalue weighted by Crippen LogP contribution is 2.33. The largest absolute Gasteiger partial charge is 0.491 e. The van der Waals surface area contributed by atoms with Gasteiger partial charge in [-0.05, 0) is 61.7 Å².